The molecule has 2 heterocycles. The van der Waals surface area contributed by atoms with Crippen LogP contribution < -0.4 is 15.4 Å². The molecule has 0 saturated carbocycles. The molecule has 4 rings (SSSR count). The van der Waals surface area contributed by atoms with Crippen molar-refractivity contribution in [1.82, 2.24) is 19.7 Å². The summed E-state index contributed by atoms with van der Waals surface area (Å²) in [7, 11) is 0. The van der Waals surface area contributed by atoms with Crippen molar-refractivity contribution in [1.29, 1.82) is 0 Å². The van der Waals surface area contributed by atoms with Gasteiger partial charge >= 0.3 is 6.61 Å². The predicted molar refractivity (Wildman–Crippen MR) is 112 cm³/mol. The van der Waals surface area contributed by atoms with Crippen molar-refractivity contribution in [2.24, 2.45) is 0 Å². The maximum atomic E-state index is 12.5. The van der Waals surface area contributed by atoms with Gasteiger partial charge in [-0.15, -0.1) is 0 Å². The van der Waals surface area contributed by atoms with Crippen LogP contribution in [0.3, 0.4) is 0 Å². The molecule has 2 aromatic heterocycles. The van der Waals surface area contributed by atoms with E-state index < -0.39 is 18.4 Å². The zero-order valence-corrected chi connectivity index (χ0v) is 16.5. The normalized spacial score (nSPS) is 10.8. The van der Waals surface area contributed by atoms with Gasteiger partial charge in [-0.2, -0.15) is 8.78 Å². The van der Waals surface area contributed by atoms with Gasteiger partial charge in [0.2, 0.25) is 11.7 Å². The van der Waals surface area contributed by atoms with Crippen LogP contribution in [-0.2, 0) is 4.79 Å². The molecule has 10 heteroatoms. The number of nitrogens with one attached hydrogen (secondary N) is 2. The minimum atomic E-state index is -3.06. The fourth-order valence-corrected chi connectivity index (χ4v) is 3.01. The molecule has 0 unspecified atom stereocenters. The Balaban J connectivity index is 1.35. The van der Waals surface area contributed by atoms with Crippen LogP contribution in [0.2, 0.25) is 0 Å². The molecule has 162 valence electrons. The molecule has 2 aromatic carbocycles. The van der Waals surface area contributed by atoms with E-state index in [0.717, 1.165) is 11.3 Å². The van der Waals surface area contributed by atoms with Crippen molar-refractivity contribution in [3.05, 3.63) is 78.8 Å². The molecule has 0 radical (unpaired) electrons. The summed E-state index contributed by atoms with van der Waals surface area (Å²) in [6.07, 6.45) is 5.36. The number of amides is 2. The summed E-state index contributed by atoms with van der Waals surface area (Å²) in [4.78, 5) is 33.0. The SMILES string of the molecule is O=C(CNC(=O)c1ccccc1OC(F)F)Nc1ccc(-c2cn3cccnc3n2)cc1. The van der Waals surface area contributed by atoms with Crippen LogP contribution in [0.4, 0.5) is 14.5 Å². The molecule has 2 N–H and O–H groups in total. The van der Waals surface area contributed by atoms with Gasteiger partial charge in [-0.3, -0.25) is 14.0 Å². The monoisotopic (exact) mass is 437 g/mol. The number of benzene rings is 2. The fourth-order valence-electron chi connectivity index (χ4n) is 3.01. The summed E-state index contributed by atoms with van der Waals surface area (Å²) in [5, 5.41) is 5.05. The molecule has 0 bridgehead atoms. The number of alkyl halides is 2. The molecule has 8 nitrogen and oxygen atoms in total. The number of hydrogen-bond acceptors (Lipinski definition) is 5. The van der Waals surface area contributed by atoms with Crippen molar-refractivity contribution in [3.8, 4) is 17.0 Å². The summed E-state index contributed by atoms with van der Waals surface area (Å²) in [6, 6.07) is 14.4. The Morgan fingerprint density at radius 2 is 1.84 bits per heavy atom. The number of anilines is 1. The number of nitrogens with zero attached hydrogens (tertiary/aromatic N) is 3. The lowest BCUT2D eigenvalue weighted by Crippen LogP contribution is -2.33. The second kappa shape index (κ2) is 9.21. The number of fused-ring (bicyclic) bond motifs is 1. The molecule has 0 fully saturated rings. The molecule has 32 heavy (non-hydrogen) atoms. The number of rotatable bonds is 7. The summed E-state index contributed by atoms with van der Waals surface area (Å²) in [5.74, 6) is -0.864. The van der Waals surface area contributed by atoms with E-state index in [1.165, 1.54) is 24.3 Å². The van der Waals surface area contributed by atoms with Crippen LogP contribution in [0.1, 0.15) is 10.4 Å². The molecule has 0 aliphatic rings. The zero-order valence-electron chi connectivity index (χ0n) is 16.5. The number of imidazole rings is 1. The topological polar surface area (TPSA) is 97.6 Å². The number of para-hydroxylation sites is 1. The van der Waals surface area contributed by atoms with Gasteiger partial charge in [-0.25, -0.2) is 9.97 Å². The lowest BCUT2D eigenvalue weighted by Gasteiger charge is -2.11. The maximum absolute atomic E-state index is 12.5. The van der Waals surface area contributed by atoms with Gasteiger partial charge in [0.05, 0.1) is 17.8 Å². The van der Waals surface area contributed by atoms with Crippen LogP contribution in [0, 0.1) is 0 Å². The quantitative estimate of drug-likeness (QED) is 0.462. The Kier molecular flexibility index (Phi) is 6.02. The second-order valence-corrected chi connectivity index (χ2v) is 6.64. The van der Waals surface area contributed by atoms with Crippen LogP contribution in [0.15, 0.2) is 73.2 Å². The number of halogens is 2. The molecule has 0 aliphatic carbocycles. The number of carbonyl (C=O) groups is 2. The smallest absolute Gasteiger partial charge is 0.387 e. The third-order valence-corrected chi connectivity index (χ3v) is 4.46. The van der Waals surface area contributed by atoms with E-state index in [4.69, 9.17) is 0 Å². The molecule has 0 saturated heterocycles. The fraction of sp³-hybridized carbons (Fsp3) is 0.0909. The van der Waals surface area contributed by atoms with Crippen molar-refractivity contribution >= 4 is 23.3 Å². The van der Waals surface area contributed by atoms with Crippen LogP contribution in [0.25, 0.3) is 17.0 Å². The predicted octanol–water partition coefficient (Wildman–Crippen LogP) is 3.37. The van der Waals surface area contributed by atoms with Crippen molar-refractivity contribution in [3.63, 3.8) is 0 Å². The average molecular weight is 437 g/mol. The highest BCUT2D eigenvalue weighted by Gasteiger charge is 2.16. The highest BCUT2D eigenvalue weighted by molar-refractivity contribution is 6.00. The molecule has 4 aromatic rings. The number of carbonyl (C=O) groups excluding carboxylic acids is 2. The minimum absolute atomic E-state index is 0.0908. The van der Waals surface area contributed by atoms with Gasteiger partial charge in [0, 0.05) is 29.8 Å². The van der Waals surface area contributed by atoms with E-state index >= 15 is 0 Å². The van der Waals surface area contributed by atoms with Gasteiger partial charge in [-0.1, -0.05) is 24.3 Å². The molecule has 0 spiro atoms. The van der Waals surface area contributed by atoms with Gasteiger partial charge in [0.25, 0.3) is 5.91 Å². The molecule has 2 amide bonds. The van der Waals surface area contributed by atoms with Crippen molar-refractivity contribution in [2.45, 2.75) is 6.61 Å². The van der Waals surface area contributed by atoms with E-state index in [1.807, 2.05) is 12.4 Å². The van der Waals surface area contributed by atoms with E-state index in [0.29, 0.717) is 11.5 Å². The van der Waals surface area contributed by atoms with Crippen LogP contribution in [-0.4, -0.2) is 39.3 Å². The first-order valence-electron chi connectivity index (χ1n) is 9.51. The van der Waals surface area contributed by atoms with E-state index in [-0.39, 0.29) is 17.9 Å². The van der Waals surface area contributed by atoms with E-state index in [1.54, 1.807) is 40.9 Å². The largest absolute Gasteiger partial charge is 0.434 e. The number of ether oxygens (including phenoxy) is 1. The third-order valence-electron chi connectivity index (χ3n) is 4.46. The van der Waals surface area contributed by atoms with Gasteiger partial charge < -0.3 is 15.4 Å². The second-order valence-electron chi connectivity index (χ2n) is 6.64. The Morgan fingerprint density at radius 3 is 2.59 bits per heavy atom. The minimum Gasteiger partial charge on any atom is -0.434 e. The molecule has 0 atom stereocenters. The first-order chi connectivity index (χ1) is 15.5. The first kappa shape index (κ1) is 20.9. The Hall–Kier alpha value is -4.34. The Morgan fingerprint density at radius 1 is 1.06 bits per heavy atom. The lowest BCUT2D eigenvalue weighted by atomic mass is 10.1. The first-order valence-corrected chi connectivity index (χ1v) is 9.51. The molecular formula is C22H17F2N5O3. The van der Waals surface area contributed by atoms with Crippen LogP contribution in [0.5, 0.6) is 5.75 Å². The van der Waals surface area contributed by atoms with Gasteiger partial charge in [-0.05, 0) is 30.3 Å². The maximum Gasteiger partial charge on any atom is 0.387 e. The highest BCUT2D eigenvalue weighted by atomic mass is 19.3. The third kappa shape index (κ3) is 4.86. The van der Waals surface area contributed by atoms with E-state index in [9.17, 15) is 18.4 Å². The Labute approximate surface area is 180 Å². The van der Waals surface area contributed by atoms with Crippen LogP contribution >= 0.6 is 0 Å². The van der Waals surface area contributed by atoms with Gasteiger partial charge in [0.1, 0.15) is 5.75 Å². The van der Waals surface area contributed by atoms with Crippen molar-refractivity contribution in [2.75, 3.05) is 11.9 Å². The number of hydrogen-bond donors (Lipinski definition) is 2. The average Bonchev–Trinajstić information content (AvgIpc) is 3.22. The summed E-state index contributed by atoms with van der Waals surface area (Å²) in [5.41, 5.74) is 2.01. The standard InChI is InChI=1S/C22H17F2N5O3/c23-21(24)32-18-5-2-1-4-16(18)20(31)26-12-19(30)27-15-8-6-14(7-9-15)17-13-29-11-3-10-25-22(29)28-17/h1-11,13,21H,12H2,(H,26,31)(H,27,30). The van der Waals surface area contributed by atoms with E-state index in [2.05, 4.69) is 25.3 Å². The Bertz CT molecular complexity index is 1220. The summed E-state index contributed by atoms with van der Waals surface area (Å²) < 4.78 is 31.1. The zero-order chi connectivity index (χ0) is 22.5. The van der Waals surface area contributed by atoms with Crippen molar-refractivity contribution < 1.29 is 23.1 Å². The summed E-state index contributed by atoms with van der Waals surface area (Å²) in [6.45, 7) is -3.41. The van der Waals surface area contributed by atoms with Gasteiger partial charge in [0.15, 0.2) is 0 Å². The molecule has 0 aliphatic heterocycles. The molecular weight excluding hydrogens is 420 g/mol. The number of aromatic nitrogens is 3. The summed E-state index contributed by atoms with van der Waals surface area (Å²) >= 11 is 0. The highest BCUT2D eigenvalue weighted by Crippen LogP contribution is 2.21. The lowest BCUT2D eigenvalue weighted by molar-refractivity contribution is -0.115.